The van der Waals surface area contributed by atoms with Gasteiger partial charge in [0.05, 0.1) is 4.88 Å². The second kappa shape index (κ2) is 4.14. The molecule has 0 aliphatic rings. The number of anilines is 1. The molecule has 6 heteroatoms. The van der Waals surface area contributed by atoms with E-state index in [0.717, 1.165) is 17.4 Å². The van der Waals surface area contributed by atoms with E-state index in [1.165, 1.54) is 12.1 Å². The average molecular weight is 254 g/mol. The molecule has 2 aromatic rings. The van der Waals surface area contributed by atoms with Gasteiger partial charge in [0.2, 0.25) is 0 Å². The summed E-state index contributed by atoms with van der Waals surface area (Å²) in [6.45, 7) is 0. The number of hydrogen-bond acceptors (Lipinski definition) is 3. The lowest BCUT2D eigenvalue weighted by Gasteiger charge is -2.03. The fraction of sp³-hybridized carbons (Fsp3) is 0. The molecule has 2 rings (SSSR count). The van der Waals surface area contributed by atoms with Crippen LogP contribution in [-0.2, 0) is 0 Å². The Morgan fingerprint density at radius 3 is 2.47 bits per heavy atom. The number of thiophene rings is 1. The Bertz CT molecular complexity index is 595. The van der Waals surface area contributed by atoms with E-state index in [1.54, 1.807) is 6.07 Å². The molecule has 0 saturated carbocycles. The van der Waals surface area contributed by atoms with Gasteiger partial charge >= 0.3 is 0 Å². The van der Waals surface area contributed by atoms with Crippen molar-refractivity contribution in [2.24, 2.45) is 5.73 Å². The van der Waals surface area contributed by atoms with Crippen molar-refractivity contribution < 1.29 is 13.6 Å². The van der Waals surface area contributed by atoms with Crippen molar-refractivity contribution in [3.8, 4) is 10.4 Å². The maximum atomic E-state index is 13.7. The summed E-state index contributed by atoms with van der Waals surface area (Å²) in [4.78, 5) is 11.7. The third kappa shape index (κ3) is 1.99. The van der Waals surface area contributed by atoms with Gasteiger partial charge in [-0.05, 0) is 24.3 Å². The van der Waals surface area contributed by atoms with Crippen LogP contribution in [0.2, 0.25) is 0 Å². The van der Waals surface area contributed by atoms with Crippen molar-refractivity contribution in [1.82, 2.24) is 0 Å². The summed E-state index contributed by atoms with van der Waals surface area (Å²) >= 11 is 1.03. The number of carbonyl (C=O) groups excluding carboxylic acids is 1. The lowest BCUT2D eigenvalue weighted by molar-refractivity contribution is 0.100. The van der Waals surface area contributed by atoms with Gasteiger partial charge in [0.1, 0.15) is 11.5 Å². The Morgan fingerprint density at radius 1 is 1.18 bits per heavy atom. The number of primary amides is 1. The topological polar surface area (TPSA) is 69.1 Å². The normalized spacial score (nSPS) is 10.5. The van der Waals surface area contributed by atoms with E-state index in [2.05, 4.69) is 0 Å². The molecule has 1 aromatic heterocycles. The fourth-order valence-corrected chi connectivity index (χ4v) is 2.25. The second-order valence-electron chi connectivity index (χ2n) is 3.35. The summed E-state index contributed by atoms with van der Waals surface area (Å²) < 4.78 is 26.7. The van der Waals surface area contributed by atoms with Gasteiger partial charge in [0.15, 0.2) is 5.82 Å². The van der Waals surface area contributed by atoms with E-state index in [4.69, 9.17) is 11.5 Å². The van der Waals surface area contributed by atoms with Crippen LogP contribution in [0.1, 0.15) is 9.67 Å². The molecule has 1 amide bonds. The molecule has 17 heavy (non-hydrogen) atoms. The van der Waals surface area contributed by atoms with Crippen LogP contribution in [0.25, 0.3) is 10.4 Å². The van der Waals surface area contributed by atoms with Crippen LogP contribution in [0.4, 0.5) is 14.5 Å². The van der Waals surface area contributed by atoms with Gasteiger partial charge in [-0.1, -0.05) is 0 Å². The van der Waals surface area contributed by atoms with E-state index in [9.17, 15) is 13.6 Å². The maximum absolute atomic E-state index is 13.7. The fourth-order valence-electron chi connectivity index (χ4n) is 1.37. The third-order valence-electron chi connectivity index (χ3n) is 2.24. The van der Waals surface area contributed by atoms with Gasteiger partial charge in [-0.2, -0.15) is 0 Å². The van der Waals surface area contributed by atoms with Crippen molar-refractivity contribution in [2.75, 3.05) is 5.73 Å². The van der Waals surface area contributed by atoms with E-state index < -0.39 is 23.2 Å². The SMILES string of the molecule is NC(=O)c1ccc(-c2ccc(F)c(N)c2F)s1. The van der Waals surface area contributed by atoms with Crippen molar-refractivity contribution in [3.63, 3.8) is 0 Å². The summed E-state index contributed by atoms with van der Waals surface area (Å²) in [5.41, 5.74) is 9.96. The molecule has 0 unspecified atom stereocenters. The Morgan fingerprint density at radius 2 is 1.88 bits per heavy atom. The number of halogens is 2. The molecule has 0 spiro atoms. The van der Waals surface area contributed by atoms with Gasteiger partial charge in [0, 0.05) is 10.4 Å². The van der Waals surface area contributed by atoms with Gasteiger partial charge in [0.25, 0.3) is 5.91 Å². The third-order valence-corrected chi connectivity index (χ3v) is 3.37. The van der Waals surface area contributed by atoms with E-state index in [0.29, 0.717) is 9.75 Å². The first kappa shape index (κ1) is 11.5. The molecule has 88 valence electrons. The summed E-state index contributed by atoms with van der Waals surface area (Å²) in [6.07, 6.45) is 0. The smallest absolute Gasteiger partial charge is 0.258 e. The number of nitrogen functional groups attached to an aromatic ring is 1. The van der Waals surface area contributed by atoms with Gasteiger partial charge < -0.3 is 11.5 Å². The number of nitrogens with two attached hydrogens (primary N) is 2. The summed E-state index contributed by atoms with van der Waals surface area (Å²) in [6, 6.07) is 5.39. The molecule has 0 atom stereocenters. The van der Waals surface area contributed by atoms with Crippen LogP contribution in [0.15, 0.2) is 24.3 Å². The van der Waals surface area contributed by atoms with Crippen LogP contribution in [0.5, 0.6) is 0 Å². The van der Waals surface area contributed by atoms with Gasteiger partial charge in [-0.25, -0.2) is 8.78 Å². The zero-order valence-corrected chi connectivity index (χ0v) is 9.35. The van der Waals surface area contributed by atoms with E-state index in [-0.39, 0.29) is 5.56 Å². The lowest BCUT2D eigenvalue weighted by Crippen LogP contribution is -2.07. The average Bonchev–Trinajstić information content (AvgIpc) is 2.75. The minimum absolute atomic E-state index is 0.154. The standard InChI is InChI=1S/C11H8F2N2OS/c12-6-2-1-5(9(13)10(6)14)7-3-4-8(17-7)11(15)16/h1-4H,14H2,(H2,15,16). The van der Waals surface area contributed by atoms with Crippen molar-refractivity contribution in [3.05, 3.63) is 40.8 Å². The second-order valence-corrected chi connectivity index (χ2v) is 4.43. The Labute approximate surface area is 99.7 Å². The monoisotopic (exact) mass is 254 g/mol. The maximum Gasteiger partial charge on any atom is 0.258 e. The van der Waals surface area contributed by atoms with Crippen molar-refractivity contribution in [2.45, 2.75) is 0 Å². The van der Waals surface area contributed by atoms with E-state index in [1.807, 2.05) is 0 Å². The first-order valence-electron chi connectivity index (χ1n) is 4.64. The first-order valence-corrected chi connectivity index (χ1v) is 5.46. The molecule has 0 fully saturated rings. The molecule has 0 aliphatic carbocycles. The highest BCUT2D eigenvalue weighted by atomic mass is 32.1. The highest BCUT2D eigenvalue weighted by molar-refractivity contribution is 7.17. The number of carbonyl (C=O) groups is 1. The Balaban J connectivity index is 2.53. The highest BCUT2D eigenvalue weighted by Crippen LogP contribution is 2.32. The minimum atomic E-state index is -0.831. The first-order chi connectivity index (χ1) is 8.00. The van der Waals surface area contributed by atoms with E-state index >= 15 is 0 Å². The molecule has 4 N–H and O–H groups in total. The highest BCUT2D eigenvalue weighted by Gasteiger charge is 2.14. The predicted octanol–water partition coefficient (Wildman–Crippen LogP) is 2.37. The lowest BCUT2D eigenvalue weighted by atomic mass is 10.1. The largest absolute Gasteiger partial charge is 0.394 e. The van der Waals surface area contributed by atoms with Gasteiger partial charge in [-0.15, -0.1) is 11.3 Å². The molecule has 0 radical (unpaired) electrons. The molecule has 0 saturated heterocycles. The summed E-state index contributed by atoms with van der Waals surface area (Å²) in [5, 5.41) is 0. The molecule has 3 nitrogen and oxygen atoms in total. The quantitative estimate of drug-likeness (QED) is 0.808. The van der Waals surface area contributed by atoms with Gasteiger partial charge in [-0.3, -0.25) is 4.79 Å². The predicted molar refractivity (Wildman–Crippen MR) is 62.6 cm³/mol. The van der Waals surface area contributed by atoms with Crippen LogP contribution in [0, 0.1) is 11.6 Å². The number of amides is 1. The molecular weight excluding hydrogens is 246 g/mol. The number of rotatable bonds is 2. The molecule has 1 heterocycles. The minimum Gasteiger partial charge on any atom is -0.394 e. The number of benzene rings is 1. The Kier molecular flexibility index (Phi) is 2.81. The van der Waals surface area contributed by atoms with Crippen molar-refractivity contribution in [1.29, 1.82) is 0 Å². The zero-order valence-electron chi connectivity index (χ0n) is 8.54. The van der Waals surface area contributed by atoms with Crippen LogP contribution in [0.3, 0.4) is 0 Å². The molecular formula is C11H8F2N2OS. The molecule has 0 bridgehead atoms. The molecule has 0 aliphatic heterocycles. The zero-order chi connectivity index (χ0) is 12.6. The van der Waals surface area contributed by atoms with Crippen molar-refractivity contribution >= 4 is 22.9 Å². The summed E-state index contributed by atoms with van der Waals surface area (Å²) in [5.74, 6) is -2.22. The number of hydrogen-bond donors (Lipinski definition) is 2. The van der Waals surface area contributed by atoms with Crippen LogP contribution < -0.4 is 11.5 Å². The Hall–Kier alpha value is -1.95. The van der Waals surface area contributed by atoms with Crippen LogP contribution in [-0.4, -0.2) is 5.91 Å². The summed E-state index contributed by atoms with van der Waals surface area (Å²) in [7, 11) is 0. The van der Waals surface area contributed by atoms with Crippen LogP contribution >= 0.6 is 11.3 Å². The molecule has 1 aromatic carbocycles.